The summed E-state index contributed by atoms with van der Waals surface area (Å²) >= 11 is 0. The first kappa shape index (κ1) is 14.1. The van der Waals surface area contributed by atoms with Crippen molar-refractivity contribution in [1.29, 1.82) is 0 Å². The molecule has 0 aliphatic carbocycles. The minimum Gasteiger partial charge on any atom is -0.456 e. The Morgan fingerprint density at radius 1 is 1.39 bits per heavy atom. The summed E-state index contributed by atoms with van der Waals surface area (Å²) in [5.74, 6) is 3.99. The largest absolute Gasteiger partial charge is 0.456 e. The molecular weight excluding hydrogens is 245 g/mol. The highest BCUT2D eigenvalue weighted by Crippen LogP contribution is 2.30. The maximum absolute atomic E-state index is 12.4. The van der Waals surface area contributed by atoms with Crippen molar-refractivity contribution in [3.05, 3.63) is 34.9 Å². The van der Waals surface area contributed by atoms with Gasteiger partial charge in [-0.1, -0.05) is 5.92 Å². The predicted octanol–water partition coefficient (Wildman–Crippen LogP) is 2.93. The molecule has 0 aromatic heterocycles. The van der Waals surface area contributed by atoms with Gasteiger partial charge in [-0.05, 0) is 37.6 Å². The van der Waals surface area contributed by atoms with Gasteiger partial charge in [0.1, 0.15) is 0 Å². The van der Waals surface area contributed by atoms with Crippen LogP contribution >= 0.6 is 0 Å². The summed E-state index contributed by atoms with van der Waals surface area (Å²) in [5, 5.41) is 0. The molecule has 0 N–H and O–H groups in total. The van der Waals surface area contributed by atoms with Crippen molar-refractivity contribution in [3.63, 3.8) is 0 Å². The minimum absolute atomic E-state index is 0.208. The zero-order valence-corrected chi connectivity index (χ0v) is 9.89. The van der Waals surface area contributed by atoms with Gasteiger partial charge in [-0.25, -0.2) is 4.79 Å². The topological polar surface area (TPSA) is 26.3 Å². The van der Waals surface area contributed by atoms with Crippen LogP contribution in [0.15, 0.2) is 18.2 Å². The highest BCUT2D eigenvalue weighted by Gasteiger charge is 2.30. The van der Waals surface area contributed by atoms with Crippen LogP contribution in [0.25, 0.3) is 0 Å². The van der Waals surface area contributed by atoms with Crippen molar-refractivity contribution in [1.82, 2.24) is 0 Å². The number of carbonyl (C=O) groups is 1. The lowest BCUT2D eigenvalue weighted by Crippen LogP contribution is -2.05. The molecule has 5 heteroatoms. The van der Waals surface area contributed by atoms with Crippen molar-refractivity contribution in [3.8, 4) is 11.8 Å². The zero-order valence-electron chi connectivity index (χ0n) is 9.89. The summed E-state index contributed by atoms with van der Waals surface area (Å²) in [4.78, 5) is 11.0. The normalized spacial score (nSPS) is 10.5. The first-order chi connectivity index (χ1) is 8.34. The van der Waals surface area contributed by atoms with Crippen molar-refractivity contribution < 1.29 is 22.7 Å². The monoisotopic (exact) mass is 256 g/mol. The van der Waals surface area contributed by atoms with Gasteiger partial charge in [0.2, 0.25) is 0 Å². The molecule has 0 heterocycles. The van der Waals surface area contributed by atoms with E-state index in [1.165, 1.54) is 13.0 Å². The van der Waals surface area contributed by atoms with Crippen molar-refractivity contribution in [2.75, 3.05) is 6.61 Å². The van der Waals surface area contributed by atoms with E-state index < -0.39 is 17.7 Å². The summed E-state index contributed by atoms with van der Waals surface area (Å²) in [6.07, 6.45) is -4.38. The number of carbonyl (C=O) groups excluding carboxylic acids is 1. The summed E-state index contributed by atoms with van der Waals surface area (Å²) in [5.41, 5.74) is -0.000591. The Morgan fingerprint density at radius 3 is 2.56 bits per heavy atom. The highest BCUT2D eigenvalue weighted by molar-refractivity contribution is 5.89. The van der Waals surface area contributed by atoms with Crippen LogP contribution < -0.4 is 0 Å². The Kier molecular flexibility index (Phi) is 4.38. The lowest BCUT2D eigenvalue weighted by atomic mass is 10.1. The van der Waals surface area contributed by atoms with E-state index >= 15 is 0 Å². The number of ether oxygens (including phenoxy) is 1. The highest BCUT2D eigenvalue weighted by atomic mass is 19.4. The molecule has 0 amide bonds. The number of hydrogen-bond acceptors (Lipinski definition) is 2. The van der Waals surface area contributed by atoms with Gasteiger partial charge in [-0.15, -0.1) is 0 Å². The van der Waals surface area contributed by atoms with Gasteiger partial charge in [0.05, 0.1) is 12.2 Å². The number of benzene rings is 1. The third-order valence-corrected chi connectivity index (χ3v) is 2.13. The zero-order chi connectivity index (χ0) is 13.8. The fourth-order valence-corrected chi connectivity index (χ4v) is 1.27. The molecule has 0 aliphatic rings. The molecule has 1 rings (SSSR count). The lowest BCUT2D eigenvalue weighted by Gasteiger charge is -2.07. The molecule has 0 radical (unpaired) electrons. The molecule has 18 heavy (non-hydrogen) atoms. The molecule has 0 saturated heterocycles. The Morgan fingerprint density at radius 2 is 2.06 bits per heavy atom. The van der Waals surface area contributed by atoms with Gasteiger partial charge in [0.15, 0.2) is 0 Å². The number of rotatable bonds is 1. The quantitative estimate of drug-likeness (QED) is 0.570. The second-order valence-electron chi connectivity index (χ2n) is 3.50. The SMILES string of the molecule is CCOC(=O)C#Cc1ccc(C(F)(F)F)cc1C. The van der Waals surface area contributed by atoms with E-state index in [1.54, 1.807) is 6.92 Å². The van der Waals surface area contributed by atoms with Crippen LogP contribution in [0.1, 0.15) is 23.6 Å². The van der Waals surface area contributed by atoms with Crippen LogP contribution in [0.3, 0.4) is 0 Å². The number of esters is 1. The Bertz CT molecular complexity index is 507. The smallest absolute Gasteiger partial charge is 0.416 e. The lowest BCUT2D eigenvalue weighted by molar-refractivity contribution is -0.138. The summed E-state index contributed by atoms with van der Waals surface area (Å²) in [7, 11) is 0. The molecule has 96 valence electrons. The second kappa shape index (κ2) is 5.58. The Balaban J connectivity index is 2.97. The van der Waals surface area contributed by atoms with E-state index in [9.17, 15) is 18.0 Å². The molecule has 2 nitrogen and oxygen atoms in total. The average Bonchev–Trinajstić information content (AvgIpc) is 2.26. The van der Waals surface area contributed by atoms with Gasteiger partial charge in [-0.2, -0.15) is 13.2 Å². The molecular formula is C13H11F3O2. The number of hydrogen-bond donors (Lipinski definition) is 0. The molecule has 0 unspecified atom stereocenters. The van der Waals surface area contributed by atoms with E-state index in [0.29, 0.717) is 11.1 Å². The molecule has 0 aliphatic heterocycles. The van der Waals surface area contributed by atoms with E-state index in [1.807, 2.05) is 0 Å². The number of halogens is 3. The molecule has 0 bridgehead atoms. The average molecular weight is 256 g/mol. The predicted molar refractivity (Wildman–Crippen MR) is 59.7 cm³/mol. The van der Waals surface area contributed by atoms with E-state index in [2.05, 4.69) is 16.6 Å². The summed E-state index contributed by atoms with van der Waals surface area (Å²) in [6, 6.07) is 3.17. The van der Waals surface area contributed by atoms with Crippen LogP contribution in [-0.2, 0) is 15.7 Å². The minimum atomic E-state index is -4.38. The fraction of sp³-hybridized carbons (Fsp3) is 0.308. The molecule has 1 aromatic rings. The first-order valence-electron chi connectivity index (χ1n) is 5.21. The summed E-state index contributed by atoms with van der Waals surface area (Å²) in [6.45, 7) is 3.35. The standard InChI is InChI=1S/C13H11F3O2/c1-3-18-12(17)7-5-10-4-6-11(8-9(10)2)13(14,15)16/h4,6,8H,3H2,1-2H3. The van der Waals surface area contributed by atoms with Crippen LogP contribution in [0.2, 0.25) is 0 Å². The third-order valence-electron chi connectivity index (χ3n) is 2.13. The van der Waals surface area contributed by atoms with Gasteiger partial charge < -0.3 is 4.74 Å². The summed E-state index contributed by atoms with van der Waals surface area (Å²) < 4.78 is 41.8. The number of alkyl halides is 3. The molecule has 0 spiro atoms. The van der Waals surface area contributed by atoms with Gasteiger partial charge in [0.25, 0.3) is 0 Å². The first-order valence-corrected chi connectivity index (χ1v) is 5.21. The van der Waals surface area contributed by atoms with Crippen molar-refractivity contribution in [2.45, 2.75) is 20.0 Å². The van der Waals surface area contributed by atoms with Crippen LogP contribution in [-0.4, -0.2) is 12.6 Å². The van der Waals surface area contributed by atoms with E-state index in [-0.39, 0.29) is 6.61 Å². The van der Waals surface area contributed by atoms with Crippen LogP contribution in [0, 0.1) is 18.8 Å². The van der Waals surface area contributed by atoms with Gasteiger partial charge in [-0.3, -0.25) is 0 Å². The van der Waals surface area contributed by atoms with E-state index in [4.69, 9.17) is 0 Å². The maximum Gasteiger partial charge on any atom is 0.416 e. The van der Waals surface area contributed by atoms with E-state index in [0.717, 1.165) is 12.1 Å². The van der Waals surface area contributed by atoms with Crippen LogP contribution in [0.5, 0.6) is 0 Å². The maximum atomic E-state index is 12.4. The van der Waals surface area contributed by atoms with Gasteiger partial charge in [0, 0.05) is 11.5 Å². The van der Waals surface area contributed by atoms with Crippen molar-refractivity contribution >= 4 is 5.97 Å². The Hall–Kier alpha value is -1.96. The van der Waals surface area contributed by atoms with Gasteiger partial charge >= 0.3 is 12.1 Å². The van der Waals surface area contributed by atoms with Crippen LogP contribution in [0.4, 0.5) is 13.2 Å². The molecule has 0 saturated carbocycles. The molecule has 1 aromatic carbocycles. The fourth-order valence-electron chi connectivity index (χ4n) is 1.27. The molecule has 0 fully saturated rings. The third kappa shape index (κ3) is 3.81. The Labute approximate surface area is 103 Å². The second-order valence-corrected chi connectivity index (χ2v) is 3.50. The number of aryl methyl sites for hydroxylation is 1. The molecule has 0 atom stereocenters. The van der Waals surface area contributed by atoms with Crippen molar-refractivity contribution in [2.24, 2.45) is 0 Å².